The standard InChI is InChI=1S/C25H29ClN4O/c1-30(2)15-5-3-4-14-28-25(31)19-9-6-18(7-10-19)8-13-22-23-16-21(26)12-11-20(23)17-29-24(22)27/h6-7,9-12,16-17,25,28,31H,3-5,14-15H2,1-2H3,(H2,27,29). The second-order valence-electron chi connectivity index (χ2n) is 7.84. The zero-order chi connectivity index (χ0) is 22.2. The maximum atomic E-state index is 10.4. The van der Waals surface area contributed by atoms with Gasteiger partial charge in [-0.1, -0.05) is 48.1 Å². The summed E-state index contributed by atoms with van der Waals surface area (Å²) in [7, 11) is 4.17. The van der Waals surface area contributed by atoms with Crippen molar-refractivity contribution in [2.75, 3.05) is 32.9 Å². The van der Waals surface area contributed by atoms with Crippen LogP contribution in [0.2, 0.25) is 5.02 Å². The summed E-state index contributed by atoms with van der Waals surface area (Å²) in [6, 6.07) is 13.1. The number of nitrogens with two attached hydrogens (primary N) is 1. The topological polar surface area (TPSA) is 74.4 Å². The van der Waals surface area contributed by atoms with Gasteiger partial charge in [0, 0.05) is 27.6 Å². The molecule has 1 aromatic heterocycles. The van der Waals surface area contributed by atoms with Gasteiger partial charge in [0.05, 0.1) is 5.56 Å². The highest BCUT2D eigenvalue weighted by molar-refractivity contribution is 6.31. The molecule has 162 valence electrons. The molecule has 0 aliphatic heterocycles. The molecular weight excluding hydrogens is 408 g/mol. The molecule has 6 heteroatoms. The second kappa shape index (κ2) is 11.1. The summed E-state index contributed by atoms with van der Waals surface area (Å²) in [5.41, 5.74) is 8.37. The van der Waals surface area contributed by atoms with Crippen LogP contribution in [0.5, 0.6) is 0 Å². The number of aromatic nitrogens is 1. The molecule has 1 unspecified atom stereocenters. The first-order valence-electron chi connectivity index (χ1n) is 10.5. The SMILES string of the molecule is CN(C)CCCCCNC(O)c1ccc(C#Cc2c(N)ncc3ccc(Cl)cc23)cc1. The molecular formula is C25H29ClN4O. The molecule has 3 rings (SSSR count). The first-order chi connectivity index (χ1) is 14.9. The third-order valence-electron chi connectivity index (χ3n) is 5.06. The smallest absolute Gasteiger partial charge is 0.139 e. The Hall–Kier alpha value is -2.62. The first kappa shape index (κ1) is 23.1. The van der Waals surface area contributed by atoms with E-state index in [1.54, 1.807) is 6.20 Å². The number of aliphatic hydroxyl groups is 1. The van der Waals surface area contributed by atoms with E-state index in [0.717, 1.165) is 47.8 Å². The molecule has 3 aromatic rings. The quantitative estimate of drug-likeness (QED) is 0.280. The van der Waals surface area contributed by atoms with Crippen molar-refractivity contribution in [1.29, 1.82) is 0 Å². The summed E-state index contributed by atoms with van der Waals surface area (Å²) in [4.78, 5) is 6.42. The highest BCUT2D eigenvalue weighted by Crippen LogP contribution is 2.25. The molecule has 1 atom stereocenters. The zero-order valence-corrected chi connectivity index (χ0v) is 18.8. The third kappa shape index (κ3) is 6.68. The summed E-state index contributed by atoms with van der Waals surface area (Å²) >= 11 is 6.14. The van der Waals surface area contributed by atoms with Crippen LogP contribution in [0.15, 0.2) is 48.7 Å². The van der Waals surface area contributed by atoms with E-state index in [2.05, 4.69) is 41.1 Å². The number of halogens is 1. The normalized spacial score (nSPS) is 12.0. The Labute approximate surface area is 189 Å². The number of nitrogen functional groups attached to an aromatic ring is 1. The lowest BCUT2D eigenvalue weighted by atomic mass is 10.1. The Bertz CT molecular complexity index is 1070. The molecule has 0 aliphatic carbocycles. The minimum Gasteiger partial charge on any atom is -0.383 e. The van der Waals surface area contributed by atoms with Gasteiger partial charge in [0.25, 0.3) is 0 Å². The van der Waals surface area contributed by atoms with E-state index in [9.17, 15) is 5.11 Å². The van der Waals surface area contributed by atoms with Crippen LogP contribution in [0.1, 0.15) is 42.2 Å². The lowest BCUT2D eigenvalue weighted by Gasteiger charge is -2.13. The van der Waals surface area contributed by atoms with E-state index in [1.165, 1.54) is 6.42 Å². The van der Waals surface area contributed by atoms with E-state index in [4.69, 9.17) is 17.3 Å². The maximum Gasteiger partial charge on any atom is 0.139 e. The van der Waals surface area contributed by atoms with Gasteiger partial charge in [0.1, 0.15) is 12.0 Å². The molecule has 0 amide bonds. The summed E-state index contributed by atoms with van der Waals surface area (Å²) in [5, 5.41) is 16.0. The molecule has 0 saturated carbocycles. The summed E-state index contributed by atoms with van der Waals surface area (Å²) in [6.45, 7) is 1.88. The van der Waals surface area contributed by atoms with Crippen LogP contribution in [-0.4, -0.2) is 42.2 Å². The van der Waals surface area contributed by atoms with Gasteiger partial charge >= 0.3 is 0 Å². The Morgan fingerprint density at radius 3 is 2.61 bits per heavy atom. The van der Waals surface area contributed by atoms with Gasteiger partial charge in [0.2, 0.25) is 0 Å². The molecule has 0 spiro atoms. The predicted octanol–water partition coefficient (Wildman–Crippen LogP) is 4.18. The Balaban J connectivity index is 1.62. The number of nitrogens with zero attached hydrogens (tertiary/aromatic N) is 2. The van der Waals surface area contributed by atoms with Gasteiger partial charge in [-0.15, -0.1) is 0 Å². The molecule has 5 nitrogen and oxygen atoms in total. The van der Waals surface area contributed by atoms with Crippen LogP contribution in [0.4, 0.5) is 5.82 Å². The van der Waals surface area contributed by atoms with Crippen LogP contribution >= 0.6 is 11.6 Å². The van der Waals surface area contributed by atoms with Crippen LogP contribution in [0.3, 0.4) is 0 Å². The predicted molar refractivity (Wildman–Crippen MR) is 129 cm³/mol. The molecule has 0 radical (unpaired) electrons. The number of fused-ring (bicyclic) bond motifs is 1. The maximum absolute atomic E-state index is 10.4. The van der Waals surface area contributed by atoms with Crippen molar-refractivity contribution >= 4 is 28.2 Å². The minimum atomic E-state index is -0.684. The van der Waals surface area contributed by atoms with Crippen LogP contribution < -0.4 is 11.1 Å². The number of hydrogen-bond acceptors (Lipinski definition) is 5. The fourth-order valence-corrected chi connectivity index (χ4v) is 3.47. The summed E-state index contributed by atoms with van der Waals surface area (Å²) < 4.78 is 0. The average Bonchev–Trinajstić information content (AvgIpc) is 2.75. The number of benzene rings is 2. The second-order valence-corrected chi connectivity index (χ2v) is 8.28. The molecule has 0 saturated heterocycles. The number of unbranched alkanes of at least 4 members (excludes halogenated alkanes) is 2. The highest BCUT2D eigenvalue weighted by atomic mass is 35.5. The van der Waals surface area contributed by atoms with E-state index >= 15 is 0 Å². The zero-order valence-electron chi connectivity index (χ0n) is 18.0. The Morgan fingerprint density at radius 2 is 1.87 bits per heavy atom. The van der Waals surface area contributed by atoms with E-state index in [-0.39, 0.29) is 0 Å². The van der Waals surface area contributed by atoms with E-state index < -0.39 is 6.23 Å². The van der Waals surface area contributed by atoms with Crippen LogP contribution in [-0.2, 0) is 0 Å². The molecule has 4 N–H and O–H groups in total. The highest BCUT2D eigenvalue weighted by Gasteiger charge is 2.07. The third-order valence-corrected chi connectivity index (χ3v) is 5.30. The molecule has 0 fully saturated rings. The minimum absolute atomic E-state index is 0.379. The Morgan fingerprint density at radius 1 is 1.10 bits per heavy atom. The number of pyridine rings is 1. The van der Waals surface area contributed by atoms with Gasteiger partial charge in [-0.2, -0.15) is 0 Å². The summed E-state index contributed by atoms with van der Waals surface area (Å²) in [6.07, 6.45) is 4.39. The average molecular weight is 437 g/mol. The lowest BCUT2D eigenvalue weighted by molar-refractivity contribution is 0.138. The summed E-state index contributed by atoms with van der Waals surface area (Å²) in [5.74, 6) is 6.65. The van der Waals surface area contributed by atoms with E-state index in [1.807, 2.05) is 42.5 Å². The monoisotopic (exact) mass is 436 g/mol. The molecule has 1 heterocycles. The van der Waals surface area contributed by atoms with Crippen molar-refractivity contribution in [1.82, 2.24) is 15.2 Å². The number of rotatable bonds is 8. The molecule has 0 aliphatic rings. The van der Waals surface area contributed by atoms with Crippen molar-refractivity contribution in [2.24, 2.45) is 0 Å². The van der Waals surface area contributed by atoms with Crippen molar-refractivity contribution in [3.8, 4) is 11.8 Å². The van der Waals surface area contributed by atoms with Crippen molar-refractivity contribution < 1.29 is 5.11 Å². The van der Waals surface area contributed by atoms with Gasteiger partial charge < -0.3 is 15.7 Å². The fourth-order valence-electron chi connectivity index (χ4n) is 3.30. The number of hydrogen-bond donors (Lipinski definition) is 3. The van der Waals surface area contributed by atoms with Crippen molar-refractivity contribution in [3.05, 3.63) is 70.4 Å². The van der Waals surface area contributed by atoms with Gasteiger partial charge in [-0.25, -0.2) is 4.98 Å². The van der Waals surface area contributed by atoms with Gasteiger partial charge in [-0.3, -0.25) is 5.32 Å². The number of anilines is 1. The first-order valence-corrected chi connectivity index (χ1v) is 10.8. The lowest BCUT2D eigenvalue weighted by Crippen LogP contribution is -2.22. The van der Waals surface area contributed by atoms with Crippen molar-refractivity contribution in [2.45, 2.75) is 25.5 Å². The molecule has 31 heavy (non-hydrogen) atoms. The van der Waals surface area contributed by atoms with Gasteiger partial charge in [-0.05, 0) is 69.9 Å². The molecule has 2 aromatic carbocycles. The Kier molecular flexibility index (Phi) is 8.27. The van der Waals surface area contributed by atoms with Crippen molar-refractivity contribution in [3.63, 3.8) is 0 Å². The molecule has 0 bridgehead atoms. The van der Waals surface area contributed by atoms with Crippen LogP contribution in [0, 0.1) is 11.8 Å². The number of nitrogens with one attached hydrogen (secondary N) is 1. The fraction of sp³-hybridized carbons (Fsp3) is 0.320. The van der Waals surface area contributed by atoms with E-state index in [0.29, 0.717) is 16.4 Å². The number of aliphatic hydroxyl groups excluding tert-OH is 1. The largest absolute Gasteiger partial charge is 0.383 e. The van der Waals surface area contributed by atoms with Crippen LogP contribution in [0.25, 0.3) is 10.8 Å². The van der Waals surface area contributed by atoms with Gasteiger partial charge in [0.15, 0.2) is 0 Å².